The third kappa shape index (κ3) is 6.07. The molecule has 194 valence electrons. The average molecular weight is 498 g/mol. The molecule has 36 heavy (non-hydrogen) atoms. The number of piperidine rings is 1. The number of carboxylic acid groups (broad SMARTS) is 1. The molecule has 3 amide bonds. The Hall–Kier alpha value is -3.33. The van der Waals surface area contributed by atoms with E-state index >= 15 is 0 Å². The molecule has 2 aromatic rings. The fourth-order valence-electron chi connectivity index (χ4n) is 5.37. The molecule has 4 rings (SSSR count). The summed E-state index contributed by atoms with van der Waals surface area (Å²) in [5.74, 6) is -0.259. The first kappa shape index (κ1) is 25.8. The van der Waals surface area contributed by atoms with Crippen LogP contribution in [-0.4, -0.2) is 83.3 Å². The summed E-state index contributed by atoms with van der Waals surface area (Å²) in [4.78, 5) is 31.9. The van der Waals surface area contributed by atoms with Crippen LogP contribution in [0.15, 0.2) is 48.5 Å². The second kappa shape index (κ2) is 11.2. The standard InChI is InChI=1S/C27H36FN5O3/c1-19-16-31(17-20(2)33(19)27(35)36)18-21-7-9-25(10-8-21)30(3)26(34)32-13-11-23(12-14-32)29-24-6-4-5-22(28)15-24/h4-10,15,19-20,23,29H,11-14,16-18H2,1-3H3,(H,35,36)/t19-,20+. The highest BCUT2D eigenvalue weighted by atomic mass is 19.1. The monoisotopic (exact) mass is 497 g/mol. The number of hydrogen-bond acceptors (Lipinski definition) is 4. The van der Waals surface area contributed by atoms with Gasteiger partial charge in [-0.3, -0.25) is 9.80 Å². The molecule has 0 radical (unpaired) electrons. The number of carbonyl (C=O) groups is 2. The molecule has 0 saturated carbocycles. The molecule has 9 heteroatoms. The maximum absolute atomic E-state index is 13.4. The van der Waals surface area contributed by atoms with Crippen LogP contribution in [-0.2, 0) is 6.54 Å². The van der Waals surface area contributed by atoms with Crippen molar-refractivity contribution < 1.29 is 19.1 Å². The largest absolute Gasteiger partial charge is 0.465 e. The van der Waals surface area contributed by atoms with E-state index in [0.717, 1.165) is 36.3 Å². The van der Waals surface area contributed by atoms with Crippen LogP contribution in [0, 0.1) is 5.82 Å². The second-order valence-electron chi connectivity index (χ2n) is 10.0. The highest BCUT2D eigenvalue weighted by Crippen LogP contribution is 2.22. The summed E-state index contributed by atoms with van der Waals surface area (Å²) in [6, 6.07) is 14.5. The minimum Gasteiger partial charge on any atom is -0.465 e. The third-order valence-corrected chi connectivity index (χ3v) is 7.19. The van der Waals surface area contributed by atoms with E-state index < -0.39 is 6.09 Å². The molecule has 2 N–H and O–H groups in total. The lowest BCUT2D eigenvalue weighted by Crippen LogP contribution is -2.57. The topological polar surface area (TPSA) is 79.4 Å². The van der Waals surface area contributed by atoms with E-state index in [4.69, 9.17) is 0 Å². The zero-order chi connectivity index (χ0) is 25.8. The Labute approximate surface area is 212 Å². The van der Waals surface area contributed by atoms with Gasteiger partial charge in [-0.25, -0.2) is 14.0 Å². The molecule has 2 atom stereocenters. The van der Waals surface area contributed by atoms with E-state index in [1.807, 2.05) is 49.1 Å². The van der Waals surface area contributed by atoms with Crippen LogP contribution in [0.3, 0.4) is 0 Å². The Bertz CT molecular complexity index is 1050. The van der Waals surface area contributed by atoms with Crippen molar-refractivity contribution in [2.24, 2.45) is 0 Å². The lowest BCUT2D eigenvalue weighted by molar-refractivity contribution is 0.0381. The Morgan fingerprint density at radius 2 is 1.69 bits per heavy atom. The van der Waals surface area contributed by atoms with Crippen molar-refractivity contribution in [3.8, 4) is 0 Å². The van der Waals surface area contributed by atoms with Crippen LogP contribution in [0.2, 0.25) is 0 Å². The first-order chi connectivity index (χ1) is 17.2. The summed E-state index contributed by atoms with van der Waals surface area (Å²) in [6.45, 7) is 7.31. The van der Waals surface area contributed by atoms with Crippen LogP contribution >= 0.6 is 0 Å². The second-order valence-corrected chi connectivity index (χ2v) is 10.0. The summed E-state index contributed by atoms with van der Waals surface area (Å²) in [7, 11) is 1.79. The third-order valence-electron chi connectivity index (χ3n) is 7.19. The van der Waals surface area contributed by atoms with Gasteiger partial charge in [-0.2, -0.15) is 0 Å². The number of benzene rings is 2. The molecule has 2 aromatic carbocycles. The smallest absolute Gasteiger partial charge is 0.407 e. The maximum atomic E-state index is 13.4. The molecule has 0 bridgehead atoms. The van der Waals surface area contributed by atoms with Crippen LogP contribution in [0.25, 0.3) is 0 Å². The minimum atomic E-state index is -0.862. The maximum Gasteiger partial charge on any atom is 0.407 e. The summed E-state index contributed by atoms with van der Waals surface area (Å²) < 4.78 is 13.4. The number of urea groups is 1. The summed E-state index contributed by atoms with van der Waals surface area (Å²) in [5.41, 5.74) is 2.73. The van der Waals surface area contributed by atoms with Gasteiger partial charge in [0.05, 0.1) is 0 Å². The SMILES string of the molecule is C[C@@H]1CN(Cc2ccc(N(C)C(=O)N3CCC(Nc4cccc(F)c4)CC3)cc2)C[C@H](C)N1C(=O)O. The van der Waals surface area contributed by atoms with Gasteiger partial charge in [0.1, 0.15) is 5.82 Å². The lowest BCUT2D eigenvalue weighted by atomic mass is 10.0. The summed E-state index contributed by atoms with van der Waals surface area (Å²) in [5, 5.41) is 12.8. The molecule has 2 saturated heterocycles. The van der Waals surface area contributed by atoms with Crippen molar-refractivity contribution >= 4 is 23.5 Å². The van der Waals surface area contributed by atoms with Crippen LogP contribution < -0.4 is 10.2 Å². The van der Waals surface area contributed by atoms with Crippen LogP contribution in [0.1, 0.15) is 32.3 Å². The number of piperazine rings is 1. The molecule has 0 unspecified atom stereocenters. The Morgan fingerprint density at radius 3 is 2.28 bits per heavy atom. The lowest BCUT2D eigenvalue weighted by Gasteiger charge is -2.43. The number of anilines is 2. The van der Waals surface area contributed by atoms with E-state index in [0.29, 0.717) is 26.2 Å². The van der Waals surface area contributed by atoms with Gasteiger partial charge in [-0.05, 0) is 62.6 Å². The molecule has 2 heterocycles. The zero-order valence-electron chi connectivity index (χ0n) is 21.2. The molecule has 2 aliphatic heterocycles. The number of amides is 3. The van der Waals surface area contributed by atoms with Crippen LogP contribution in [0.4, 0.5) is 25.4 Å². The number of nitrogens with one attached hydrogen (secondary N) is 1. The van der Waals surface area contributed by atoms with Gasteiger partial charge in [-0.15, -0.1) is 0 Å². The van der Waals surface area contributed by atoms with Crippen molar-refractivity contribution in [1.82, 2.24) is 14.7 Å². The van der Waals surface area contributed by atoms with Gasteiger partial charge < -0.3 is 20.2 Å². The number of carbonyl (C=O) groups excluding carboxylic acids is 1. The highest BCUT2D eigenvalue weighted by molar-refractivity contribution is 5.91. The number of likely N-dealkylation sites (tertiary alicyclic amines) is 1. The van der Waals surface area contributed by atoms with E-state index in [1.54, 1.807) is 18.0 Å². The summed E-state index contributed by atoms with van der Waals surface area (Å²) in [6.07, 6.45) is 0.751. The van der Waals surface area contributed by atoms with Crippen molar-refractivity contribution in [3.05, 3.63) is 59.9 Å². The number of hydrogen-bond donors (Lipinski definition) is 2. The number of nitrogens with zero attached hydrogens (tertiary/aromatic N) is 4. The Kier molecular flexibility index (Phi) is 7.98. The van der Waals surface area contributed by atoms with Gasteiger partial charge in [0.15, 0.2) is 0 Å². The molecule has 2 aliphatic rings. The van der Waals surface area contributed by atoms with Gasteiger partial charge in [-0.1, -0.05) is 18.2 Å². The van der Waals surface area contributed by atoms with Crippen molar-refractivity contribution in [2.45, 2.75) is 51.4 Å². The molecular weight excluding hydrogens is 461 g/mol. The van der Waals surface area contributed by atoms with Gasteiger partial charge in [0, 0.05) is 69.3 Å². The first-order valence-electron chi connectivity index (χ1n) is 12.6. The number of rotatable bonds is 5. The van der Waals surface area contributed by atoms with Crippen molar-refractivity contribution in [3.63, 3.8) is 0 Å². The molecule has 0 spiro atoms. The van der Waals surface area contributed by atoms with E-state index in [-0.39, 0.29) is 30.0 Å². The molecule has 2 fully saturated rings. The molecular formula is C27H36FN5O3. The predicted molar refractivity (Wildman–Crippen MR) is 139 cm³/mol. The minimum absolute atomic E-state index is 0.0283. The normalized spacial score (nSPS) is 21.3. The fraction of sp³-hybridized carbons (Fsp3) is 0.481. The molecule has 8 nitrogen and oxygen atoms in total. The number of halogens is 1. The highest BCUT2D eigenvalue weighted by Gasteiger charge is 2.32. The fourth-order valence-corrected chi connectivity index (χ4v) is 5.37. The van der Waals surface area contributed by atoms with Gasteiger partial charge in [0.2, 0.25) is 0 Å². The molecule has 0 aliphatic carbocycles. The zero-order valence-corrected chi connectivity index (χ0v) is 21.2. The first-order valence-corrected chi connectivity index (χ1v) is 12.6. The Morgan fingerprint density at radius 1 is 1.06 bits per heavy atom. The van der Waals surface area contributed by atoms with Crippen molar-refractivity contribution in [1.29, 1.82) is 0 Å². The predicted octanol–water partition coefficient (Wildman–Crippen LogP) is 4.53. The summed E-state index contributed by atoms with van der Waals surface area (Å²) >= 11 is 0. The van der Waals surface area contributed by atoms with E-state index in [1.165, 1.54) is 17.0 Å². The Balaban J connectivity index is 1.27. The van der Waals surface area contributed by atoms with Gasteiger partial charge in [0.25, 0.3) is 0 Å². The van der Waals surface area contributed by atoms with Crippen LogP contribution in [0.5, 0.6) is 0 Å². The van der Waals surface area contributed by atoms with E-state index in [2.05, 4.69) is 10.2 Å². The van der Waals surface area contributed by atoms with Crippen molar-refractivity contribution in [2.75, 3.05) is 43.4 Å². The molecule has 0 aromatic heterocycles. The van der Waals surface area contributed by atoms with Gasteiger partial charge >= 0.3 is 12.1 Å². The van der Waals surface area contributed by atoms with E-state index in [9.17, 15) is 19.1 Å². The quantitative estimate of drug-likeness (QED) is 0.635. The average Bonchev–Trinajstić information content (AvgIpc) is 2.83.